The van der Waals surface area contributed by atoms with Crippen molar-refractivity contribution in [3.05, 3.63) is 12.2 Å². The quantitative estimate of drug-likeness (QED) is 0.0221. The number of rotatable bonds is 37. The number of carbonyl (C=O) groups is 2. The Morgan fingerprint density at radius 1 is 0.500 bits per heavy atom. The molecule has 15 nitrogen and oxygen atoms in total. The van der Waals surface area contributed by atoms with Gasteiger partial charge in [-0.05, 0) is 38.5 Å². The third kappa shape index (κ3) is 24.0. The van der Waals surface area contributed by atoms with Crippen LogP contribution in [0.15, 0.2) is 12.2 Å². The van der Waals surface area contributed by atoms with Gasteiger partial charge in [-0.1, -0.05) is 142 Å². The van der Waals surface area contributed by atoms with Crippen LogP contribution in [0.2, 0.25) is 0 Å². The van der Waals surface area contributed by atoms with Crippen LogP contribution in [0, 0.1) is 0 Å². The van der Waals surface area contributed by atoms with E-state index in [1.54, 1.807) is 0 Å². The van der Waals surface area contributed by atoms with Crippen molar-refractivity contribution in [1.29, 1.82) is 0 Å². The predicted molar refractivity (Wildman–Crippen MR) is 234 cm³/mol. The molecule has 0 aromatic rings. The molecule has 0 saturated carbocycles. The lowest BCUT2D eigenvalue weighted by molar-refractivity contribution is -0.332. The molecule has 0 aliphatic carbocycles. The van der Waals surface area contributed by atoms with E-state index in [0.717, 1.165) is 57.8 Å². The normalized spacial score (nSPS) is 27.1. The highest BCUT2D eigenvalue weighted by atomic mass is 16.7. The van der Waals surface area contributed by atoms with Crippen molar-refractivity contribution in [2.75, 3.05) is 26.4 Å². The van der Waals surface area contributed by atoms with E-state index >= 15 is 0 Å². The maximum absolute atomic E-state index is 13.0. The van der Waals surface area contributed by atoms with E-state index in [4.69, 9.17) is 28.4 Å². The Morgan fingerprint density at radius 3 is 1.42 bits per heavy atom. The second-order valence-corrected chi connectivity index (χ2v) is 17.3. The minimum atomic E-state index is -1.76. The molecule has 7 N–H and O–H groups in total. The summed E-state index contributed by atoms with van der Waals surface area (Å²) >= 11 is 0. The molecule has 2 fully saturated rings. The first-order valence-electron chi connectivity index (χ1n) is 24.3. The van der Waals surface area contributed by atoms with E-state index in [-0.39, 0.29) is 26.1 Å². The van der Waals surface area contributed by atoms with E-state index in [1.165, 1.54) is 83.5 Å². The summed E-state index contributed by atoms with van der Waals surface area (Å²) in [6.45, 7) is 2.56. The molecule has 11 atom stereocenters. The monoisotopic (exact) mass is 891 g/mol. The second kappa shape index (κ2) is 35.5. The molecule has 15 heteroatoms. The molecule has 0 aromatic heterocycles. The van der Waals surface area contributed by atoms with Gasteiger partial charge in [0, 0.05) is 12.8 Å². The minimum Gasteiger partial charge on any atom is -0.462 e. The van der Waals surface area contributed by atoms with Crippen LogP contribution in [0.1, 0.15) is 181 Å². The molecule has 0 bridgehead atoms. The van der Waals surface area contributed by atoms with Gasteiger partial charge >= 0.3 is 11.9 Å². The van der Waals surface area contributed by atoms with Gasteiger partial charge in [-0.3, -0.25) is 9.59 Å². The molecule has 62 heavy (non-hydrogen) atoms. The molecule has 2 saturated heterocycles. The maximum Gasteiger partial charge on any atom is 0.306 e. The van der Waals surface area contributed by atoms with E-state index in [1.807, 2.05) is 0 Å². The molecule has 0 spiro atoms. The zero-order valence-electron chi connectivity index (χ0n) is 38.1. The van der Waals surface area contributed by atoms with Gasteiger partial charge in [0.1, 0.15) is 55.4 Å². The lowest BCUT2D eigenvalue weighted by Crippen LogP contribution is -2.61. The summed E-state index contributed by atoms with van der Waals surface area (Å²) < 4.78 is 33.5. The Bertz CT molecular complexity index is 1140. The van der Waals surface area contributed by atoms with Gasteiger partial charge in [0.15, 0.2) is 18.7 Å². The summed E-state index contributed by atoms with van der Waals surface area (Å²) in [4.78, 5) is 25.6. The summed E-state index contributed by atoms with van der Waals surface area (Å²) in [5.74, 6) is -0.930. The third-order valence-corrected chi connectivity index (χ3v) is 11.7. The zero-order chi connectivity index (χ0) is 45.4. The van der Waals surface area contributed by atoms with E-state index in [2.05, 4.69) is 26.0 Å². The fraction of sp³-hybridized carbons (Fsp3) is 0.915. The Labute approximate surface area is 371 Å². The number of aliphatic hydroxyl groups excluding tert-OH is 7. The Kier molecular flexibility index (Phi) is 32.3. The van der Waals surface area contributed by atoms with Crippen molar-refractivity contribution < 1.29 is 73.8 Å². The number of hydrogen-bond donors (Lipinski definition) is 7. The first kappa shape index (κ1) is 56.4. The summed E-state index contributed by atoms with van der Waals surface area (Å²) in [5, 5.41) is 71.9. The highest BCUT2D eigenvalue weighted by Crippen LogP contribution is 2.26. The van der Waals surface area contributed by atoms with Crippen LogP contribution >= 0.6 is 0 Å². The number of aliphatic hydroxyl groups is 7. The van der Waals surface area contributed by atoms with Crippen LogP contribution < -0.4 is 0 Å². The fourth-order valence-corrected chi connectivity index (χ4v) is 7.68. The van der Waals surface area contributed by atoms with Crippen molar-refractivity contribution in [1.82, 2.24) is 0 Å². The minimum absolute atomic E-state index is 0.159. The van der Waals surface area contributed by atoms with E-state index in [0.29, 0.717) is 12.8 Å². The Hall–Kier alpha value is -1.76. The standard InChI is InChI=1S/C47H86O15/c1-3-5-7-9-11-13-15-16-17-18-19-20-22-24-26-28-30-39(50)60-35(32-57-38(49)29-27-25-23-21-14-12-10-8-6-4-2)33-58-46-45(56)43(54)41(52)37(62-46)34-59-47-44(55)42(53)40(51)36(31-48)61-47/h17-18,35-37,40-48,51-56H,3-16,19-34H2,1-2H3/b18-17-. The van der Waals surface area contributed by atoms with Crippen LogP contribution in [-0.2, 0) is 38.0 Å². The van der Waals surface area contributed by atoms with Crippen LogP contribution in [0.25, 0.3) is 0 Å². The highest BCUT2D eigenvalue weighted by molar-refractivity contribution is 5.70. The number of allylic oxidation sites excluding steroid dienone is 2. The van der Waals surface area contributed by atoms with E-state index < -0.39 is 92.7 Å². The molecule has 0 amide bonds. The van der Waals surface area contributed by atoms with E-state index in [9.17, 15) is 45.3 Å². The van der Waals surface area contributed by atoms with Crippen LogP contribution in [0.5, 0.6) is 0 Å². The van der Waals surface area contributed by atoms with Crippen LogP contribution in [0.3, 0.4) is 0 Å². The second-order valence-electron chi connectivity index (χ2n) is 17.3. The van der Waals surface area contributed by atoms with Crippen molar-refractivity contribution in [3.63, 3.8) is 0 Å². The SMILES string of the molecule is CCCCCCCCC/C=C\CCCCCCCC(=O)OC(COC(=O)CCCCCCCCCCCC)COC1OC(COC2OC(CO)C(O)C(O)C2O)C(O)C(O)C1O. The first-order chi connectivity index (χ1) is 30.0. The average molecular weight is 891 g/mol. The van der Waals surface area contributed by atoms with Gasteiger partial charge in [-0.2, -0.15) is 0 Å². The van der Waals surface area contributed by atoms with Crippen molar-refractivity contribution in [2.24, 2.45) is 0 Å². The Balaban J connectivity index is 1.83. The van der Waals surface area contributed by atoms with Crippen LogP contribution in [-0.4, -0.2) is 142 Å². The third-order valence-electron chi connectivity index (χ3n) is 11.7. The van der Waals surface area contributed by atoms with Gasteiger partial charge in [0.05, 0.1) is 19.8 Å². The van der Waals surface area contributed by atoms with Gasteiger partial charge in [-0.15, -0.1) is 0 Å². The number of ether oxygens (including phenoxy) is 6. The van der Waals surface area contributed by atoms with Crippen LogP contribution in [0.4, 0.5) is 0 Å². The average Bonchev–Trinajstić information content (AvgIpc) is 3.26. The molecule has 2 heterocycles. The Morgan fingerprint density at radius 2 is 0.919 bits per heavy atom. The molecule has 2 aliphatic rings. The summed E-state index contributed by atoms with van der Waals surface area (Å²) in [6.07, 6.45) is 15.4. The zero-order valence-corrected chi connectivity index (χ0v) is 38.1. The molecule has 11 unspecified atom stereocenters. The number of hydrogen-bond acceptors (Lipinski definition) is 15. The fourth-order valence-electron chi connectivity index (χ4n) is 7.68. The number of carbonyl (C=O) groups excluding carboxylic acids is 2. The van der Waals surface area contributed by atoms with Crippen molar-refractivity contribution in [2.45, 2.75) is 248 Å². The summed E-state index contributed by atoms with van der Waals surface area (Å²) in [6, 6.07) is 0. The summed E-state index contributed by atoms with van der Waals surface area (Å²) in [5.41, 5.74) is 0. The van der Waals surface area contributed by atoms with Crippen molar-refractivity contribution in [3.8, 4) is 0 Å². The number of esters is 2. The molecule has 364 valence electrons. The number of unbranched alkanes of at least 4 members (excludes halogenated alkanes) is 21. The largest absolute Gasteiger partial charge is 0.462 e. The van der Waals surface area contributed by atoms with Gasteiger partial charge in [0.25, 0.3) is 0 Å². The van der Waals surface area contributed by atoms with Crippen molar-refractivity contribution >= 4 is 11.9 Å². The molecular formula is C47H86O15. The molecule has 0 radical (unpaired) electrons. The molecule has 2 rings (SSSR count). The maximum atomic E-state index is 13.0. The lowest BCUT2D eigenvalue weighted by Gasteiger charge is -2.42. The topological polar surface area (TPSA) is 231 Å². The molecule has 2 aliphatic heterocycles. The predicted octanol–water partition coefficient (Wildman–Crippen LogP) is 5.82. The van der Waals surface area contributed by atoms with Gasteiger partial charge in [0.2, 0.25) is 0 Å². The lowest BCUT2D eigenvalue weighted by atomic mass is 9.98. The summed E-state index contributed by atoms with van der Waals surface area (Å²) in [7, 11) is 0. The molecule has 0 aromatic carbocycles. The first-order valence-corrected chi connectivity index (χ1v) is 24.3. The molecular weight excluding hydrogens is 805 g/mol. The smallest absolute Gasteiger partial charge is 0.306 e. The van der Waals surface area contributed by atoms with Gasteiger partial charge in [-0.25, -0.2) is 0 Å². The van der Waals surface area contributed by atoms with Gasteiger partial charge < -0.3 is 64.2 Å². The highest BCUT2D eigenvalue weighted by Gasteiger charge is 2.47.